The predicted octanol–water partition coefficient (Wildman–Crippen LogP) is 4.54. The molecule has 1 heterocycles. The molecule has 2 aromatic carbocycles. The van der Waals surface area contributed by atoms with Crippen LogP contribution in [-0.2, 0) is 0 Å². The summed E-state index contributed by atoms with van der Waals surface area (Å²) >= 11 is 0. The second-order valence-corrected chi connectivity index (χ2v) is 7.17. The molecule has 2 aliphatic rings. The van der Waals surface area contributed by atoms with Gasteiger partial charge < -0.3 is 0 Å². The Hall–Kier alpha value is -2.53. The van der Waals surface area contributed by atoms with Gasteiger partial charge in [-0.05, 0) is 12.8 Å². The van der Waals surface area contributed by atoms with Crippen molar-refractivity contribution in [3.05, 3.63) is 75.8 Å². The molecule has 0 spiro atoms. The molecular weight excluding hydrogens is 328 g/mol. The lowest BCUT2D eigenvalue weighted by Gasteiger charge is -2.24. The fraction of sp³-hybridized carbons (Fsp3) is 0.381. The average Bonchev–Trinajstić information content (AvgIpc) is 3.44. The molecule has 134 valence electrons. The average molecular weight is 350 g/mol. The van der Waals surface area contributed by atoms with Crippen molar-refractivity contribution in [1.29, 1.82) is 0 Å². The summed E-state index contributed by atoms with van der Waals surface area (Å²) in [6, 6.07) is 16.0. The van der Waals surface area contributed by atoms with Gasteiger partial charge in [-0.15, -0.1) is 0 Å². The van der Waals surface area contributed by atoms with Crippen LogP contribution in [0.25, 0.3) is 0 Å². The molecule has 1 aliphatic heterocycles. The highest BCUT2D eigenvalue weighted by Crippen LogP contribution is 2.51. The third-order valence-electron chi connectivity index (χ3n) is 5.63. The van der Waals surface area contributed by atoms with Crippen molar-refractivity contribution in [3.63, 3.8) is 0 Å². The van der Waals surface area contributed by atoms with Gasteiger partial charge in [0.25, 0.3) is 5.69 Å². The first-order chi connectivity index (χ1) is 12.7. The summed E-state index contributed by atoms with van der Waals surface area (Å²) in [5, 5.41) is 11.5. The van der Waals surface area contributed by atoms with E-state index in [-0.39, 0.29) is 28.5 Å². The maximum atomic E-state index is 13.1. The number of carbonyl (C=O) groups is 1. The minimum atomic E-state index is -0.337. The molecule has 0 bridgehead atoms. The van der Waals surface area contributed by atoms with Gasteiger partial charge in [0.15, 0.2) is 5.78 Å². The lowest BCUT2D eigenvalue weighted by atomic mass is 9.95. The van der Waals surface area contributed by atoms with Gasteiger partial charge in [-0.25, -0.2) is 0 Å². The van der Waals surface area contributed by atoms with Crippen LogP contribution >= 0.6 is 0 Å². The lowest BCUT2D eigenvalue weighted by molar-refractivity contribution is -0.385. The van der Waals surface area contributed by atoms with Crippen molar-refractivity contribution in [2.24, 2.45) is 0 Å². The Labute approximate surface area is 152 Å². The van der Waals surface area contributed by atoms with Gasteiger partial charge in [-0.2, -0.15) is 0 Å². The van der Waals surface area contributed by atoms with Crippen LogP contribution in [0.3, 0.4) is 0 Å². The standard InChI is InChI=1S/C21H22N2O3/c24-21(15-9-3-1-4-10-15)20-19(22(20)16-11-5-2-6-12-16)17-13-7-8-14-18(17)23(25)26/h1,3-4,7-10,13-14,16,19-20H,2,5-6,11-12H2/t19-,20+,22?/m1/s1. The monoisotopic (exact) mass is 350 g/mol. The molecule has 0 N–H and O–H groups in total. The van der Waals surface area contributed by atoms with Crippen LogP contribution in [0.15, 0.2) is 54.6 Å². The van der Waals surface area contributed by atoms with Crippen LogP contribution < -0.4 is 0 Å². The molecule has 26 heavy (non-hydrogen) atoms. The Morgan fingerprint density at radius 3 is 2.31 bits per heavy atom. The van der Waals surface area contributed by atoms with Crippen LogP contribution in [0.4, 0.5) is 5.69 Å². The molecule has 2 aromatic rings. The first kappa shape index (κ1) is 16.9. The van der Waals surface area contributed by atoms with Gasteiger partial charge in [0.2, 0.25) is 0 Å². The number of para-hydroxylation sites is 1. The van der Waals surface area contributed by atoms with Crippen LogP contribution in [-0.4, -0.2) is 27.7 Å². The summed E-state index contributed by atoms with van der Waals surface area (Å²) < 4.78 is 0. The van der Waals surface area contributed by atoms with Gasteiger partial charge in [0.05, 0.1) is 17.0 Å². The van der Waals surface area contributed by atoms with E-state index in [1.165, 1.54) is 12.5 Å². The van der Waals surface area contributed by atoms with Gasteiger partial charge in [-0.1, -0.05) is 67.8 Å². The Balaban J connectivity index is 1.69. The van der Waals surface area contributed by atoms with Gasteiger partial charge in [-0.3, -0.25) is 19.8 Å². The number of benzene rings is 2. The number of hydrogen-bond acceptors (Lipinski definition) is 4. The zero-order valence-corrected chi connectivity index (χ0v) is 14.6. The third-order valence-corrected chi connectivity index (χ3v) is 5.63. The van der Waals surface area contributed by atoms with Crippen molar-refractivity contribution in [1.82, 2.24) is 4.90 Å². The second-order valence-electron chi connectivity index (χ2n) is 7.17. The summed E-state index contributed by atoms with van der Waals surface area (Å²) in [5.74, 6) is 0.0688. The van der Waals surface area contributed by atoms with E-state index in [2.05, 4.69) is 4.90 Å². The quantitative estimate of drug-likeness (QED) is 0.344. The number of Topliss-reactive ketones (excluding diaryl/α,β-unsaturated/α-hetero) is 1. The Morgan fingerprint density at radius 2 is 1.62 bits per heavy atom. The number of nitro benzene ring substituents is 1. The maximum Gasteiger partial charge on any atom is 0.274 e. The highest BCUT2D eigenvalue weighted by Gasteiger charge is 2.57. The first-order valence-corrected chi connectivity index (χ1v) is 9.28. The first-order valence-electron chi connectivity index (χ1n) is 9.28. The highest BCUT2D eigenvalue weighted by molar-refractivity contribution is 6.02. The number of hydrogen-bond donors (Lipinski definition) is 0. The van der Waals surface area contributed by atoms with E-state index in [0.717, 1.165) is 25.7 Å². The molecule has 3 atom stereocenters. The summed E-state index contributed by atoms with van der Waals surface area (Å²) in [5.41, 5.74) is 1.46. The molecule has 0 amide bonds. The Bertz CT molecular complexity index is 815. The second kappa shape index (κ2) is 7.00. The third kappa shape index (κ3) is 3.03. The number of rotatable bonds is 5. The molecule has 1 unspecified atom stereocenters. The summed E-state index contributed by atoms with van der Waals surface area (Å²) in [4.78, 5) is 26.5. The molecule has 5 heteroatoms. The molecule has 0 aromatic heterocycles. The van der Waals surface area contributed by atoms with E-state index >= 15 is 0 Å². The van der Waals surface area contributed by atoms with Crippen LogP contribution in [0, 0.1) is 10.1 Å². The summed E-state index contributed by atoms with van der Waals surface area (Å²) in [6.45, 7) is 0. The summed E-state index contributed by atoms with van der Waals surface area (Å²) in [7, 11) is 0. The van der Waals surface area contributed by atoms with E-state index < -0.39 is 0 Å². The number of carbonyl (C=O) groups excluding carboxylic acids is 1. The molecule has 1 aliphatic carbocycles. The van der Waals surface area contributed by atoms with Gasteiger partial charge in [0.1, 0.15) is 0 Å². The molecule has 0 radical (unpaired) electrons. The van der Waals surface area contributed by atoms with Crippen LogP contribution in [0.2, 0.25) is 0 Å². The number of nitrogens with zero attached hydrogens (tertiary/aromatic N) is 2. The fourth-order valence-corrected chi connectivity index (χ4v) is 4.37. The van der Waals surface area contributed by atoms with Crippen molar-refractivity contribution in [3.8, 4) is 0 Å². The Kier molecular flexibility index (Phi) is 4.55. The largest absolute Gasteiger partial charge is 0.292 e. The predicted molar refractivity (Wildman–Crippen MR) is 99.1 cm³/mol. The topological polar surface area (TPSA) is 63.2 Å². The lowest BCUT2D eigenvalue weighted by Crippen LogP contribution is -2.26. The minimum Gasteiger partial charge on any atom is -0.292 e. The van der Waals surface area contributed by atoms with Gasteiger partial charge >= 0.3 is 0 Å². The van der Waals surface area contributed by atoms with Crippen molar-refractivity contribution < 1.29 is 9.72 Å². The number of ketones is 1. The highest BCUT2D eigenvalue weighted by atomic mass is 16.6. The molecule has 1 saturated carbocycles. The number of nitro groups is 1. The molecule has 4 rings (SSSR count). The van der Waals surface area contributed by atoms with Crippen molar-refractivity contribution in [2.75, 3.05) is 0 Å². The maximum absolute atomic E-state index is 13.1. The van der Waals surface area contributed by atoms with Crippen molar-refractivity contribution in [2.45, 2.75) is 50.2 Å². The van der Waals surface area contributed by atoms with E-state index in [1.54, 1.807) is 12.1 Å². The minimum absolute atomic E-state index is 0.0688. The molecule has 2 fully saturated rings. The van der Waals surface area contributed by atoms with E-state index in [9.17, 15) is 14.9 Å². The van der Waals surface area contributed by atoms with E-state index in [0.29, 0.717) is 17.2 Å². The van der Waals surface area contributed by atoms with Crippen LogP contribution in [0.5, 0.6) is 0 Å². The molecular formula is C21H22N2O3. The molecule has 1 saturated heterocycles. The summed E-state index contributed by atoms with van der Waals surface area (Å²) in [6.07, 6.45) is 5.69. The fourth-order valence-electron chi connectivity index (χ4n) is 4.37. The normalized spacial score (nSPS) is 25.6. The van der Waals surface area contributed by atoms with Crippen molar-refractivity contribution >= 4 is 11.5 Å². The zero-order chi connectivity index (χ0) is 18.1. The zero-order valence-electron chi connectivity index (χ0n) is 14.6. The Morgan fingerprint density at radius 1 is 0.962 bits per heavy atom. The van der Waals surface area contributed by atoms with E-state index in [1.807, 2.05) is 36.4 Å². The molecule has 5 nitrogen and oxygen atoms in total. The smallest absolute Gasteiger partial charge is 0.274 e. The van der Waals surface area contributed by atoms with Gasteiger partial charge in [0, 0.05) is 23.2 Å². The van der Waals surface area contributed by atoms with Crippen LogP contribution in [0.1, 0.15) is 54.1 Å². The van der Waals surface area contributed by atoms with E-state index in [4.69, 9.17) is 0 Å². The SMILES string of the molecule is O=C(c1ccccc1)[C@@H]1[C@@H](c2ccccc2[N+](=O)[O-])N1C1CCCCC1.